The number of carbonyl (C=O) groups is 2. The van der Waals surface area contributed by atoms with Crippen molar-refractivity contribution < 1.29 is 9.59 Å². The zero-order chi connectivity index (χ0) is 18.0. The minimum absolute atomic E-state index is 0.161. The van der Waals surface area contributed by atoms with Gasteiger partial charge in [-0.15, -0.1) is 0 Å². The molecular formula is C17H18Cl2N4O2. The Morgan fingerprint density at radius 2 is 2.16 bits per heavy atom. The molecule has 132 valence electrons. The normalized spacial score (nSPS) is 16.9. The lowest BCUT2D eigenvalue weighted by Crippen LogP contribution is -2.45. The number of aromatic amines is 1. The summed E-state index contributed by atoms with van der Waals surface area (Å²) in [7, 11) is 0. The van der Waals surface area contributed by atoms with Crippen LogP contribution in [0.5, 0.6) is 0 Å². The van der Waals surface area contributed by atoms with E-state index in [0.717, 1.165) is 17.7 Å². The van der Waals surface area contributed by atoms with Gasteiger partial charge >= 0.3 is 0 Å². The maximum atomic E-state index is 12.7. The lowest BCUT2D eigenvalue weighted by atomic mass is 10.1. The highest BCUT2D eigenvalue weighted by atomic mass is 35.5. The van der Waals surface area contributed by atoms with Gasteiger partial charge in [0.25, 0.3) is 5.91 Å². The second kappa shape index (κ2) is 7.45. The highest BCUT2D eigenvalue weighted by Gasteiger charge is 2.34. The molecule has 3 rings (SSSR count). The lowest BCUT2D eigenvalue weighted by Gasteiger charge is -2.24. The monoisotopic (exact) mass is 380 g/mol. The smallest absolute Gasteiger partial charge is 0.254 e. The van der Waals surface area contributed by atoms with E-state index in [4.69, 9.17) is 23.2 Å². The highest BCUT2D eigenvalue weighted by molar-refractivity contribution is 6.42. The second-order valence-corrected chi connectivity index (χ2v) is 6.84. The van der Waals surface area contributed by atoms with Crippen LogP contribution in [0.3, 0.4) is 0 Å². The van der Waals surface area contributed by atoms with E-state index >= 15 is 0 Å². The number of benzene rings is 1. The summed E-state index contributed by atoms with van der Waals surface area (Å²) in [5, 5.41) is 10.4. The molecule has 1 atom stereocenters. The van der Waals surface area contributed by atoms with Crippen molar-refractivity contribution in [2.75, 3.05) is 6.54 Å². The van der Waals surface area contributed by atoms with Crippen LogP contribution < -0.4 is 5.32 Å². The number of hydrogen-bond acceptors (Lipinski definition) is 3. The van der Waals surface area contributed by atoms with Crippen molar-refractivity contribution >= 4 is 35.0 Å². The first-order chi connectivity index (χ1) is 12.0. The molecule has 8 heteroatoms. The molecule has 1 aromatic heterocycles. The summed E-state index contributed by atoms with van der Waals surface area (Å²) in [4.78, 5) is 26.9. The Morgan fingerprint density at radius 3 is 2.84 bits per heavy atom. The lowest BCUT2D eigenvalue weighted by molar-refractivity contribution is -0.125. The zero-order valence-corrected chi connectivity index (χ0v) is 15.2. The number of nitrogens with one attached hydrogen (secondary N) is 2. The molecule has 1 aliphatic heterocycles. The third-order valence-electron chi connectivity index (χ3n) is 4.37. The summed E-state index contributed by atoms with van der Waals surface area (Å²) in [6.07, 6.45) is 3.11. The number of H-pyrrole nitrogens is 1. The summed E-state index contributed by atoms with van der Waals surface area (Å²) in [5.41, 5.74) is 2.27. The Bertz CT molecular complexity index is 806. The van der Waals surface area contributed by atoms with Crippen LogP contribution in [0.25, 0.3) is 0 Å². The third kappa shape index (κ3) is 3.80. The van der Waals surface area contributed by atoms with Crippen LogP contribution >= 0.6 is 23.2 Å². The van der Waals surface area contributed by atoms with Gasteiger partial charge < -0.3 is 10.2 Å². The van der Waals surface area contributed by atoms with Crippen LogP contribution in [0.15, 0.2) is 24.4 Å². The van der Waals surface area contributed by atoms with Crippen LogP contribution in [-0.4, -0.2) is 39.5 Å². The number of nitrogens with zero attached hydrogens (tertiary/aromatic N) is 2. The summed E-state index contributed by atoms with van der Waals surface area (Å²) in [6, 6.07) is 4.27. The molecule has 1 aliphatic rings. The van der Waals surface area contributed by atoms with Crippen LogP contribution in [0.1, 0.15) is 34.5 Å². The van der Waals surface area contributed by atoms with E-state index < -0.39 is 6.04 Å². The molecule has 0 radical (unpaired) electrons. The summed E-state index contributed by atoms with van der Waals surface area (Å²) in [6.45, 7) is 2.82. The van der Waals surface area contributed by atoms with Crippen LogP contribution in [0, 0.1) is 6.92 Å². The van der Waals surface area contributed by atoms with E-state index in [1.807, 2.05) is 6.92 Å². The molecule has 6 nitrogen and oxygen atoms in total. The Hall–Kier alpha value is -2.05. The van der Waals surface area contributed by atoms with Gasteiger partial charge in [-0.25, -0.2) is 0 Å². The van der Waals surface area contributed by atoms with Crippen LogP contribution in [-0.2, 0) is 11.3 Å². The molecule has 25 heavy (non-hydrogen) atoms. The Kier molecular flexibility index (Phi) is 5.30. The molecule has 2 aromatic rings. The first-order valence-corrected chi connectivity index (χ1v) is 8.75. The summed E-state index contributed by atoms with van der Waals surface area (Å²) in [5.74, 6) is -0.373. The first-order valence-electron chi connectivity index (χ1n) is 8.00. The summed E-state index contributed by atoms with van der Waals surface area (Å²) >= 11 is 11.9. The number of carbonyl (C=O) groups excluding carboxylic acids is 2. The molecule has 0 saturated carbocycles. The number of rotatable bonds is 4. The number of aromatic nitrogens is 2. The van der Waals surface area contributed by atoms with Crippen molar-refractivity contribution in [1.82, 2.24) is 20.4 Å². The largest absolute Gasteiger partial charge is 0.350 e. The highest BCUT2D eigenvalue weighted by Crippen LogP contribution is 2.26. The fourth-order valence-corrected chi connectivity index (χ4v) is 3.23. The molecule has 1 aromatic carbocycles. The van der Waals surface area contributed by atoms with E-state index in [9.17, 15) is 9.59 Å². The molecule has 0 aliphatic carbocycles. The van der Waals surface area contributed by atoms with Crippen molar-refractivity contribution in [3.8, 4) is 0 Å². The number of halogens is 2. The van der Waals surface area contributed by atoms with E-state index in [0.29, 0.717) is 35.1 Å². The third-order valence-corrected chi connectivity index (χ3v) is 5.11. The number of amides is 2. The van der Waals surface area contributed by atoms with Gasteiger partial charge in [0.2, 0.25) is 5.91 Å². The minimum atomic E-state index is -0.478. The number of aryl methyl sites for hydroxylation is 1. The quantitative estimate of drug-likeness (QED) is 0.855. The van der Waals surface area contributed by atoms with Gasteiger partial charge in [-0.1, -0.05) is 23.2 Å². The van der Waals surface area contributed by atoms with E-state index in [2.05, 4.69) is 15.5 Å². The fraction of sp³-hybridized carbons (Fsp3) is 0.353. The molecule has 1 unspecified atom stereocenters. The van der Waals surface area contributed by atoms with Gasteiger partial charge in [0.05, 0.1) is 16.2 Å². The van der Waals surface area contributed by atoms with E-state index in [-0.39, 0.29) is 11.8 Å². The predicted molar refractivity (Wildman–Crippen MR) is 95.7 cm³/mol. The van der Waals surface area contributed by atoms with Gasteiger partial charge in [0.15, 0.2) is 0 Å². The molecule has 0 spiro atoms. The van der Waals surface area contributed by atoms with Crippen molar-refractivity contribution in [2.45, 2.75) is 32.4 Å². The molecule has 2 N–H and O–H groups in total. The van der Waals surface area contributed by atoms with Crippen molar-refractivity contribution in [3.05, 3.63) is 51.3 Å². The maximum Gasteiger partial charge on any atom is 0.254 e. The Balaban J connectivity index is 1.68. The number of hydrogen-bond donors (Lipinski definition) is 2. The average Bonchev–Trinajstić information content (AvgIpc) is 3.23. The zero-order valence-electron chi connectivity index (χ0n) is 13.7. The topological polar surface area (TPSA) is 78.1 Å². The standard InChI is InChI=1S/C17H18Cl2N4O2/c1-10-12(9-21-22-10)8-20-16(24)15-3-2-6-23(15)17(25)11-4-5-13(18)14(19)7-11/h4-5,7,9,15H,2-3,6,8H2,1H3,(H,20,24)(H,21,22). The van der Waals surface area contributed by atoms with E-state index in [1.165, 1.54) is 6.07 Å². The fourth-order valence-electron chi connectivity index (χ4n) is 2.93. The van der Waals surface area contributed by atoms with E-state index in [1.54, 1.807) is 23.2 Å². The van der Waals surface area contributed by atoms with Gasteiger partial charge in [-0.2, -0.15) is 5.10 Å². The predicted octanol–water partition coefficient (Wildman–Crippen LogP) is 2.95. The number of likely N-dealkylation sites (tertiary alicyclic amines) is 1. The van der Waals surface area contributed by atoms with Gasteiger partial charge in [0.1, 0.15) is 6.04 Å². The first kappa shape index (κ1) is 17.8. The van der Waals surface area contributed by atoms with Gasteiger partial charge in [-0.3, -0.25) is 14.7 Å². The summed E-state index contributed by atoms with van der Waals surface area (Å²) < 4.78 is 0. The minimum Gasteiger partial charge on any atom is -0.350 e. The second-order valence-electron chi connectivity index (χ2n) is 6.02. The SMILES string of the molecule is Cc1[nH]ncc1CNC(=O)C1CCCN1C(=O)c1ccc(Cl)c(Cl)c1. The van der Waals surface area contributed by atoms with Crippen LogP contribution in [0.2, 0.25) is 10.0 Å². The van der Waals surface area contributed by atoms with Crippen molar-refractivity contribution in [3.63, 3.8) is 0 Å². The molecule has 1 saturated heterocycles. The maximum absolute atomic E-state index is 12.7. The van der Waals surface area contributed by atoms with Gasteiger partial charge in [-0.05, 0) is 38.0 Å². The van der Waals surface area contributed by atoms with Gasteiger partial charge in [0, 0.05) is 29.9 Å². The van der Waals surface area contributed by atoms with Crippen molar-refractivity contribution in [2.24, 2.45) is 0 Å². The van der Waals surface area contributed by atoms with Crippen molar-refractivity contribution in [1.29, 1.82) is 0 Å². The molecule has 2 amide bonds. The Morgan fingerprint density at radius 1 is 1.36 bits per heavy atom. The molecule has 2 heterocycles. The Labute approximate surface area is 155 Å². The molecule has 1 fully saturated rings. The average molecular weight is 381 g/mol. The molecule has 0 bridgehead atoms. The molecular weight excluding hydrogens is 363 g/mol. The van der Waals surface area contributed by atoms with Crippen LogP contribution in [0.4, 0.5) is 0 Å².